The van der Waals surface area contributed by atoms with E-state index in [0.717, 1.165) is 19.4 Å². The maximum absolute atomic E-state index is 13.8. The van der Waals surface area contributed by atoms with Crippen molar-refractivity contribution in [3.05, 3.63) is 28.5 Å². The van der Waals surface area contributed by atoms with Crippen molar-refractivity contribution >= 4 is 15.9 Å². The summed E-state index contributed by atoms with van der Waals surface area (Å²) in [5.41, 5.74) is 0. The Labute approximate surface area is 128 Å². The lowest BCUT2D eigenvalue weighted by Crippen LogP contribution is -2.61. The highest BCUT2D eigenvalue weighted by Gasteiger charge is 2.43. The second-order valence-electron chi connectivity index (χ2n) is 4.97. The number of hydrogen-bond acceptors (Lipinski definition) is 3. The van der Waals surface area contributed by atoms with Crippen molar-refractivity contribution in [3.63, 3.8) is 0 Å². The number of ether oxygens (including phenoxy) is 2. The molecule has 0 aromatic heterocycles. The van der Waals surface area contributed by atoms with Crippen LogP contribution in [0.25, 0.3) is 0 Å². The van der Waals surface area contributed by atoms with Crippen LogP contribution in [0.3, 0.4) is 0 Å². The molecule has 3 nitrogen and oxygen atoms in total. The maximum atomic E-state index is 13.8. The van der Waals surface area contributed by atoms with E-state index in [1.165, 1.54) is 6.07 Å². The zero-order valence-electron chi connectivity index (χ0n) is 11.9. The van der Waals surface area contributed by atoms with Gasteiger partial charge in [-0.1, -0.05) is 29.8 Å². The van der Waals surface area contributed by atoms with E-state index >= 15 is 0 Å². The highest BCUT2D eigenvalue weighted by atomic mass is 79.9. The predicted octanol–water partition coefficient (Wildman–Crippen LogP) is 3.51. The van der Waals surface area contributed by atoms with Crippen LogP contribution in [0.1, 0.15) is 26.7 Å². The standard InChI is InChI=1S/C15H21BrFNO2/c1-3-7-19-15-12(18-4-2)9-14(15)20-13-6-5-10(16)8-11(13)17/h5-6,8,12,14-15,18H,3-4,7,9H2,1-2H3. The van der Waals surface area contributed by atoms with Gasteiger partial charge in [-0.25, -0.2) is 4.39 Å². The monoisotopic (exact) mass is 345 g/mol. The number of halogens is 2. The smallest absolute Gasteiger partial charge is 0.166 e. The Bertz CT molecular complexity index is 444. The second kappa shape index (κ2) is 7.38. The molecule has 1 N–H and O–H groups in total. The van der Waals surface area contributed by atoms with Crippen LogP contribution in [0.2, 0.25) is 0 Å². The Morgan fingerprint density at radius 1 is 1.40 bits per heavy atom. The summed E-state index contributed by atoms with van der Waals surface area (Å²) in [5.74, 6) is -0.0567. The summed E-state index contributed by atoms with van der Waals surface area (Å²) in [6.07, 6.45) is 1.73. The molecule has 1 aliphatic rings. The quantitative estimate of drug-likeness (QED) is 0.820. The van der Waals surface area contributed by atoms with Crippen molar-refractivity contribution in [2.45, 2.75) is 44.9 Å². The summed E-state index contributed by atoms with van der Waals surface area (Å²) in [7, 11) is 0. The van der Waals surface area contributed by atoms with Gasteiger partial charge in [-0.2, -0.15) is 0 Å². The molecule has 1 fully saturated rings. The highest BCUT2D eigenvalue weighted by molar-refractivity contribution is 9.10. The third-order valence-electron chi connectivity index (χ3n) is 3.40. The lowest BCUT2D eigenvalue weighted by atomic mass is 9.85. The van der Waals surface area contributed by atoms with Crippen molar-refractivity contribution in [2.24, 2.45) is 0 Å². The van der Waals surface area contributed by atoms with Gasteiger partial charge < -0.3 is 14.8 Å². The lowest BCUT2D eigenvalue weighted by Gasteiger charge is -2.44. The number of likely N-dealkylation sites (N-methyl/N-ethyl adjacent to an activating group) is 1. The van der Waals surface area contributed by atoms with Gasteiger partial charge in [-0.15, -0.1) is 0 Å². The molecule has 0 bridgehead atoms. The average molecular weight is 346 g/mol. The van der Waals surface area contributed by atoms with Crippen molar-refractivity contribution in [1.82, 2.24) is 5.32 Å². The van der Waals surface area contributed by atoms with Crippen molar-refractivity contribution in [3.8, 4) is 5.75 Å². The van der Waals surface area contributed by atoms with Crippen molar-refractivity contribution in [1.29, 1.82) is 0 Å². The summed E-state index contributed by atoms with van der Waals surface area (Å²) >= 11 is 3.24. The molecule has 0 spiro atoms. The lowest BCUT2D eigenvalue weighted by molar-refractivity contribution is -0.108. The Morgan fingerprint density at radius 2 is 2.20 bits per heavy atom. The minimum atomic E-state index is -0.347. The Kier molecular flexibility index (Phi) is 5.81. The third kappa shape index (κ3) is 3.71. The van der Waals surface area contributed by atoms with E-state index in [-0.39, 0.29) is 18.0 Å². The van der Waals surface area contributed by atoms with Crippen LogP contribution in [-0.4, -0.2) is 31.4 Å². The van der Waals surface area contributed by atoms with Crippen LogP contribution in [0, 0.1) is 5.82 Å². The van der Waals surface area contributed by atoms with Gasteiger partial charge in [-0.05, 0) is 31.2 Å². The molecule has 112 valence electrons. The van der Waals surface area contributed by atoms with Crippen LogP contribution in [0.4, 0.5) is 4.39 Å². The first-order valence-corrected chi connectivity index (χ1v) is 7.91. The van der Waals surface area contributed by atoms with E-state index in [1.54, 1.807) is 12.1 Å². The summed E-state index contributed by atoms with van der Waals surface area (Å²) in [6.45, 7) is 5.75. The van der Waals surface area contributed by atoms with Gasteiger partial charge in [0.1, 0.15) is 12.2 Å². The molecule has 0 amide bonds. The molecule has 1 aliphatic carbocycles. The van der Waals surface area contributed by atoms with E-state index < -0.39 is 0 Å². The molecule has 1 saturated carbocycles. The molecule has 1 aromatic rings. The molecule has 0 heterocycles. The molecular formula is C15H21BrFNO2. The van der Waals surface area contributed by atoms with E-state index in [4.69, 9.17) is 9.47 Å². The van der Waals surface area contributed by atoms with Crippen LogP contribution in [0.5, 0.6) is 5.75 Å². The SMILES string of the molecule is CCCOC1C(NCC)CC1Oc1ccc(Br)cc1F. The molecular weight excluding hydrogens is 325 g/mol. The molecule has 3 unspecified atom stereocenters. The highest BCUT2D eigenvalue weighted by Crippen LogP contribution is 2.31. The third-order valence-corrected chi connectivity index (χ3v) is 3.90. The van der Waals surface area contributed by atoms with E-state index in [9.17, 15) is 4.39 Å². The minimum Gasteiger partial charge on any atom is -0.485 e. The fourth-order valence-electron chi connectivity index (χ4n) is 2.37. The number of benzene rings is 1. The van der Waals surface area contributed by atoms with E-state index in [0.29, 0.717) is 22.9 Å². The van der Waals surface area contributed by atoms with Crippen LogP contribution < -0.4 is 10.1 Å². The van der Waals surface area contributed by atoms with Gasteiger partial charge in [0.15, 0.2) is 11.6 Å². The summed E-state index contributed by atoms with van der Waals surface area (Å²) in [5, 5.41) is 3.37. The normalized spacial score (nSPS) is 25.3. The first-order chi connectivity index (χ1) is 9.65. The summed E-state index contributed by atoms with van der Waals surface area (Å²) < 4.78 is 26.1. The Hall–Kier alpha value is -0.650. The number of nitrogens with one attached hydrogen (secondary N) is 1. The van der Waals surface area contributed by atoms with Gasteiger partial charge in [-0.3, -0.25) is 0 Å². The van der Waals surface area contributed by atoms with Gasteiger partial charge in [0.25, 0.3) is 0 Å². The van der Waals surface area contributed by atoms with Crippen LogP contribution >= 0.6 is 15.9 Å². The summed E-state index contributed by atoms with van der Waals surface area (Å²) in [6, 6.07) is 5.14. The molecule has 1 aromatic carbocycles. The molecule has 2 rings (SSSR count). The van der Waals surface area contributed by atoms with Gasteiger partial charge >= 0.3 is 0 Å². The van der Waals surface area contributed by atoms with Crippen LogP contribution in [-0.2, 0) is 4.74 Å². The van der Waals surface area contributed by atoms with Crippen molar-refractivity contribution < 1.29 is 13.9 Å². The zero-order chi connectivity index (χ0) is 14.5. The fourth-order valence-corrected chi connectivity index (χ4v) is 2.70. The molecule has 0 aliphatic heterocycles. The second-order valence-corrected chi connectivity index (χ2v) is 5.88. The van der Waals surface area contributed by atoms with Crippen molar-refractivity contribution in [2.75, 3.05) is 13.2 Å². The van der Waals surface area contributed by atoms with Gasteiger partial charge in [0.05, 0.1) is 0 Å². The minimum absolute atomic E-state index is 0.00190. The molecule has 0 saturated heterocycles. The van der Waals surface area contributed by atoms with E-state index in [2.05, 4.69) is 35.1 Å². The predicted molar refractivity (Wildman–Crippen MR) is 80.6 cm³/mol. The number of hydrogen-bond donors (Lipinski definition) is 1. The summed E-state index contributed by atoms with van der Waals surface area (Å²) in [4.78, 5) is 0. The Morgan fingerprint density at radius 3 is 2.85 bits per heavy atom. The molecule has 3 atom stereocenters. The molecule has 0 radical (unpaired) electrons. The zero-order valence-corrected chi connectivity index (χ0v) is 13.5. The van der Waals surface area contributed by atoms with E-state index in [1.807, 2.05) is 0 Å². The first-order valence-electron chi connectivity index (χ1n) is 7.12. The maximum Gasteiger partial charge on any atom is 0.166 e. The van der Waals surface area contributed by atoms with Gasteiger partial charge in [0.2, 0.25) is 0 Å². The largest absolute Gasteiger partial charge is 0.485 e. The Balaban J connectivity index is 1.97. The fraction of sp³-hybridized carbons (Fsp3) is 0.600. The number of rotatable bonds is 7. The average Bonchev–Trinajstić information content (AvgIpc) is 2.40. The first kappa shape index (κ1) is 15.7. The van der Waals surface area contributed by atoms with Crippen LogP contribution in [0.15, 0.2) is 22.7 Å². The molecule has 5 heteroatoms. The van der Waals surface area contributed by atoms with Gasteiger partial charge in [0, 0.05) is 23.5 Å². The molecule has 20 heavy (non-hydrogen) atoms. The topological polar surface area (TPSA) is 30.5 Å².